The molecule has 1 rings (SSSR count). The minimum absolute atomic E-state index is 0.381. The van der Waals surface area contributed by atoms with Crippen LogP contribution in [0.1, 0.15) is 12.0 Å². The fraction of sp³-hybridized carbons (Fsp3) is 0.364. The molecule has 0 aromatic heterocycles. The van der Waals surface area contributed by atoms with Crippen LogP contribution in [0.4, 0.5) is 11.4 Å². The number of hydrogen-bond acceptors (Lipinski definition) is 5. The zero-order valence-corrected chi connectivity index (χ0v) is 10.9. The van der Waals surface area contributed by atoms with Crippen molar-refractivity contribution in [1.29, 1.82) is 5.26 Å². The van der Waals surface area contributed by atoms with Crippen molar-refractivity contribution in [1.82, 2.24) is 4.72 Å². The summed E-state index contributed by atoms with van der Waals surface area (Å²) in [5.41, 5.74) is 7.26. The fourth-order valence-electron chi connectivity index (χ4n) is 1.34. The lowest BCUT2D eigenvalue weighted by molar-refractivity contribution is 0.586. The molecule has 6 nitrogen and oxygen atoms in total. The zero-order valence-electron chi connectivity index (χ0n) is 10.1. The predicted octanol–water partition coefficient (Wildman–Crippen LogP) is 0.492. The van der Waals surface area contributed by atoms with Crippen LogP contribution < -0.4 is 15.8 Å². The van der Waals surface area contributed by atoms with E-state index in [9.17, 15) is 8.42 Å². The number of hydrogen-bond donors (Lipinski definition) is 3. The van der Waals surface area contributed by atoms with Gasteiger partial charge in [0.05, 0.1) is 11.8 Å². The summed E-state index contributed by atoms with van der Waals surface area (Å²) in [5.74, 6) is 0. The summed E-state index contributed by atoms with van der Waals surface area (Å²) in [6.45, 7) is 0.989. The summed E-state index contributed by atoms with van der Waals surface area (Å²) in [7, 11) is -3.12. The first-order valence-electron chi connectivity index (χ1n) is 5.40. The lowest BCUT2D eigenvalue weighted by Crippen LogP contribution is -2.24. The van der Waals surface area contributed by atoms with Gasteiger partial charge in [-0.3, -0.25) is 0 Å². The van der Waals surface area contributed by atoms with Gasteiger partial charge in [0, 0.05) is 24.5 Å². The molecule has 0 saturated heterocycles. The third-order valence-corrected chi connectivity index (χ3v) is 2.95. The van der Waals surface area contributed by atoms with Crippen LogP contribution in [0, 0.1) is 11.3 Å². The lowest BCUT2D eigenvalue weighted by Gasteiger charge is -2.07. The number of nitrogen functional groups attached to an aromatic ring is 1. The summed E-state index contributed by atoms with van der Waals surface area (Å²) in [5, 5.41) is 11.9. The SMILES string of the molecule is CS(=O)(=O)NCCCNc1ccc(N)c(C#N)c1. The molecule has 0 atom stereocenters. The Morgan fingerprint density at radius 2 is 2.11 bits per heavy atom. The first-order chi connectivity index (χ1) is 8.42. The van der Waals surface area contributed by atoms with Crippen molar-refractivity contribution in [2.24, 2.45) is 0 Å². The van der Waals surface area contributed by atoms with E-state index in [4.69, 9.17) is 11.0 Å². The molecule has 0 fully saturated rings. The number of benzene rings is 1. The highest BCUT2D eigenvalue weighted by Gasteiger charge is 2.01. The number of nitrogens with one attached hydrogen (secondary N) is 2. The largest absolute Gasteiger partial charge is 0.398 e. The van der Waals surface area contributed by atoms with Crippen molar-refractivity contribution < 1.29 is 8.42 Å². The van der Waals surface area contributed by atoms with E-state index in [1.165, 1.54) is 0 Å². The minimum atomic E-state index is -3.12. The molecule has 0 spiro atoms. The summed E-state index contributed by atoms with van der Waals surface area (Å²) in [6, 6.07) is 7.11. The molecule has 4 N–H and O–H groups in total. The molecule has 0 aliphatic carbocycles. The van der Waals surface area contributed by atoms with Crippen molar-refractivity contribution in [3.8, 4) is 6.07 Å². The molecule has 1 aromatic rings. The van der Waals surface area contributed by atoms with Gasteiger partial charge in [0.2, 0.25) is 10.0 Å². The van der Waals surface area contributed by atoms with E-state index >= 15 is 0 Å². The average Bonchev–Trinajstić information content (AvgIpc) is 2.29. The maximum Gasteiger partial charge on any atom is 0.208 e. The molecule has 18 heavy (non-hydrogen) atoms. The van der Waals surface area contributed by atoms with Crippen molar-refractivity contribution in [3.05, 3.63) is 23.8 Å². The fourth-order valence-corrected chi connectivity index (χ4v) is 1.86. The van der Waals surface area contributed by atoms with Crippen molar-refractivity contribution in [3.63, 3.8) is 0 Å². The molecule has 0 amide bonds. The maximum absolute atomic E-state index is 10.8. The van der Waals surface area contributed by atoms with Crippen molar-refractivity contribution >= 4 is 21.4 Å². The average molecular weight is 268 g/mol. The van der Waals surface area contributed by atoms with Crippen LogP contribution in [0.25, 0.3) is 0 Å². The minimum Gasteiger partial charge on any atom is -0.398 e. The van der Waals surface area contributed by atoms with Gasteiger partial charge in [-0.05, 0) is 24.6 Å². The Kier molecular flexibility index (Phi) is 4.95. The standard InChI is InChI=1S/C11H16N4O2S/c1-18(16,17)15-6-2-5-14-10-3-4-11(13)9(7-10)8-12/h3-4,7,14-15H,2,5-6,13H2,1H3. The maximum atomic E-state index is 10.8. The number of nitrogens with zero attached hydrogens (tertiary/aromatic N) is 1. The Balaban J connectivity index is 2.39. The van der Waals surface area contributed by atoms with Gasteiger partial charge >= 0.3 is 0 Å². The van der Waals surface area contributed by atoms with E-state index in [1.807, 2.05) is 6.07 Å². The van der Waals surface area contributed by atoms with Gasteiger partial charge in [-0.25, -0.2) is 13.1 Å². The summed E-state index contributed by atoms with van der Waals surface area (Å²) in [4.78, 5) is 0. The number of nitriles is 1. The van der Waals surface area contributed by atoms with Gasteiger partial charge in [-0.1, -0.05) is 0 Å². The molecule has 7 heteroatoms. The van der Waals surface area contributed by atoms with Gasteiger partial charge in [0.1, 0.15) is 6.07 Å². The molecule has 1 aromatic carbocycles. The normalized spacial score (nSPS) is 10.9. The van der Waals surface area contributed by atoms with E-state index in [0.29, 0.717) is 30.8 Å². The predicted molar refractivity (Wildman–Crippen MR) is 71.5 cm³/mol. The topological polar surface area (TPSA) is 108 Å². The van der Waals surface area contributed by atoms with Crippen LogP contribution in [0.15, 0.2) is 18.2 Å². The Bertz CT molecular complexity index is 549. The summed E-state index contributed by atoms with van der Waals surface area (Å²) in [6.07, 6.45) is 1.78. The molecule has 0 radical (unpaired) electrons. The van der Waals surface area contributed by atoms with E-state index in [2.05, 4.69) is 10.0 Å². The van der Waals surface area contributed by atoms with E-state index < -0.39 is 10.0 Å². The quantitative estimate of drug-likeness (QED) is 0.514. The smallest absolute Gasteiger partial charge is 0.208 e. The Morgan fingerprint density at radius 1 is 1.39 bits per heavy atom. The molecular formula is C11H16N4O2S. The van der Waals surface area contributed by atoms with Gasteiger partial charge in [0.15, 0.2) is 0 Å². The second-order valence-electron chi connectivity index (χ2n) is 3.86. The molecule has 98 valence electrons. The van der Waals surface area contributed by atoms with Gasteiger partial charge in [-0.15, -0.1) is 0 Å². The Morgan fingerprint density at radius 3 is 2.72 bits per heavy atom. The van der Waals surface area contributed by atoms with Gasteiger partial charge < -0.3 is 11.1 Å². The van der Waals surface area contributed by atoms with E-state index in [-0.39, 0.29) is 0 Å². The van der Waals surface area contributed by atoms with Crippen LogP contribution in [0.5, 0.6) is 0 Å². The molecule has 0 unspecified atom stereocenters. The molecule has 0 bridgehead atoms. The second-order valence-corrected chi connectivity index (χ2v) is 5.69. The van der Waals surface area contributed by atoms with Crippen LogP contribution >= 0.6 is 0 Å². The molecule has 0 heterocycles. The van der Waals surface area contributed by atoms with Crippen LogP contribution in [0.3, 0.4) is 0 Å². The molecule has 0 aliphatic heterocycles. The number of rotatable bonds is 6. The molecular weight excluding hydrogens is 252 g/mol. The van der Waals surface area contributed by atoms with Crippen LogP contribution in [-0.4, -0.2) is 27.8 Å². The van der Waals surface area contributed by atoms with Crippen LogP contribution in [0.2, 0.25) is 0 Å². The monoisotopic (exact) mass is 268 g/mol. The highest BCUT2D eigenvalue weighted by Crippen LogP contribution is 2.16. The van der Waals surface area contributed by atoms with Crippen molar-refractivity contribution in [2.75, 3.05) is 30.4 Å². The molecule has 0 saturated carbocycles. The zero-order chi connectivity index (χ0) is 13.6. The van der Waals surface area contributed by atoms with Crippen LogP contribution in [-0.2, 0) is 10.0 Å². The van der Waals surface area contributed by atoms with E-state index in [1.54, 1.807) is 18.2 Å². The summed E-state index contributed by atoms with van der Waals surface area (Å²) < 4.78 is 24.0. The highest BCUT2D eigenvalue weighted by molar-refractivity contribution is 7.88. The lowest BCUT2D eigenvalue weighted by atomic mass is 10.2. The first-order valence-corrected chi connectivity index (χ1v) is 7.29. The Labute approximate surface area is 107 Å². The highest BCUT2D eigenvalue weighted by atomic mass is 32.2. The first kappa shape index (κ1) is 14.3. The third kappa shape index (κ3) is 5.03. The third-order valence-electron chi connectivity index (χ3n) is 2.22. The van der Waals surface area contributed by atoms with Gasteiger partial charge in [-0.2, -0.15) is 5.26 Å². The summed E-state index contributed by atoms with van der Waals surface area (Å²) >= 11 is 0. The van der Waals surface area contributed by atoms with E-state index in [0.717, 1.165) is 11.9 Å². The van der Waals surface area contributed by atoms with Gasteiger partial charge in [0.25, 0.3) is 0 Å². The number of sulfonamides is 1. The van der Waals surface area contributed by atoms with Crippen molar-refractivity contribution in [2.45, 2.75) is 6.42 Å². The second kappa shape index (κ2) is 6.23. The number of nitrogens with two attached hydrogens (primary N) is 1. The molecule has 0 aliphatic rings. The number of anilines is 2. The Hall–Kier alpha value is -1.78.